The molecule has 0 atom stereocenters. The van der Waals surface area contributed by atoms with Gasteiger partial charge in [0.15, 0.2) is 0 Å². The van der Waals surface area contributed by atoms with E-state index < -0.39 is 0 Å². The van der Waals surface area contributed by atoms with Gasteiger partial charge in [0.1, 0.15) is 23.0 Å². The maximum atomic E-state index is 10.5. The second-order valence-corrected chi connectivity index (χ2v) is 11.6. The average Bonchev–Trinajstić information content (AvgIpc) is 2.93. The molecule has 4 aromatic carbocycles. The van der Waals surface area contributed by atoms with Crippen molar-refractivity contribution in [3.8, 4) is 23.0 Å². The Kier molecular flexibility index (Phi) is 8.20. The molecule has 4 rings (SSSR count). The summed E-state index contributed by atoms with van der Waals surface area (Å²) in [5.41, 5.74) is 7.28. The molecular formula is C36H42O4. The van der Waals surface area contributed by atoms with Gasteiger partial charge in [-0.15, -0.1) is 0 Å². The molecule has 40 heavy (non-hydrogen) atoms. The van der Waals surface area contributed by atoms with Gasteiger partial charge in [0.2, 0.25) is 0 Å². The molecule has 0 fully saturated rings. The lowest BCUT2D eigenvalue weighted by Gasteiger charge is -2.37. The normalized spacial score (nSPS) is 12.1. The molecule has 210 valence electrons. The summed E-state index contributed by atoms with van der Waals surface area (Å²) in [6.45, 7) is 12.2. The zero-order chi connectivity index (χ0) is 29.2. The van der Waals surface area contributed by atoms with Crippen LogP contribution in [0.2, 0.25) is 0 Å². The molecule has 4 nitrogen and oxygen atoms in total. The van der Waals surface area contributed by atoms with Crippen LogP contribution in [0.5, 0.6) is 23.0 Å². The van der Waals surface area contributed by atoms with E-state index in [1.54, 1.807) is 24.3 Å². The van der Waals surface area contributed by atoms with Gasteiger partial charge in [-0.1, -0.05) is 68.8 Å². The lowest BCUT2D eigenvalue weighted by molar-refractivity contribution is 0.393. The van der Waals surface area contributed by atoms with E-state index in [0.717, 1.165) is 70.2 Å². The maximum absolute atomic E-state index is 10.5. The van der Waals surface area contributed by atoms with Crippen molar-refractivity contribution in [1.29, 1.82) is 0 Å². The maximum Gasteiger partial charge on any atom is 0.121 e. The molecule has 0 heterocycles. The van der Waals surface area contributed by atoms with E-state index in [0.29, 0.717) is 11.5 Å². The predicted molar refractivity (Wildman–Crippen MR) is 163 cm³/mol. The van der Waals surface area contributed by atoms with Crippen LogP contribution in [0.25, 0.3) is 0 Å². The Bertz CT molecular complexity index is 1330. The first kappa shape index (κ1) is 29.1. The molecule has 0 aromatic heterocycles. The monoisotopic (exact) mass is 538 g/mol. The Labute approximate surface area is 238 Å². The summed E-state index contributed by atoms with van der Waals surface area (Å²) in [7, 11) is 0. The van der Waals surface area contributed by atoms with Crippen LogP contribution in [-0.4, -0.2) is 20.4 Å². The number of aromatic hydroxyl groups is 4. The van der Waals surface area contributed by atoms with Crippen LogP contribution >= 0.6 is 0 Å². The number of phenolic OH excluding ortho intramolecular Hbond substituents is 4. The Morgan fingerprint density at radius 1 is 0.525 bits per heavy atom. The molecular weight excluding hydrogens is 496 g/mol. The van der Waals surface area contributed by atoms with Crippen molar-refractivity contribution >= 4 is 0 Å². The molecule has 0 saturated carbocycles. The van der Waals surface area contributed by atoms with E-state index in [9.17, 15) is 20.4 Å². The largest absolute Gasteiger partial charge is 0.508 e. The van der Waals surface area contributed by atoms with E-state index in [1.165, 1.54) is 0 Å². The fourth-order valence-corrected chi connectivity index (χ4v) is 6.35. The van der Waals surface area contributed by atoms with Gasteiger partial charge < -0.3 is 20.4 Å². The Morgan fingerprint density at radius 2 is 0.875 bits per heavy atom. The van der Waals surface area contributed by atoms with E-state index in [2.05, 4.69) is 38.1 Å². The molecule has 4 N–H and O–H groups in total. The van der Waals surface area contributed by atoms with Crippen LogP contribution in [0.3, 0.4) is 0 Å². The SMILES string of the molecule is CCC(CCCC(C)(c1cc(C)c(O)c(C)c1)c1cc(C)c(O)c(C)c1)(c1ccc(O)cc1)c1ccc(O)cc1. The second kappa shape index (κ2) is 11.3. The molecule has 4 heteroatoms. The highest BCUT2D eigenvalue weighted by Crippen LogP contribution is 2.45. The average molecular weight is 539 g/mol. The predicted octanol–water partition coefficient (Wildman–Crippen LogP) is 8.62. The van der Waals surface area contributed by atoms with Crippen LogP contribution in [0.4, 0.5) is 0 Å². The molecule has 0 saturated heterocycles. The van der Waals surface area contributed by atoms with Gasteiger partial charge in [0.25, 0.3) is 0 Å². The van der Waals surface area contributed by atoms with Crippen molar-refractivity contribution < 1.29 is 20.4 Å². The van der Waals surface area contributed by atoms with Gasteiger partial charge in [-0.25, -0.2) is 0 Å². The van der Waals surface area contributed by atoms with Crippen LogP contribution in [0.1, 0.15) is 84.0 Å². The van der Waals surface area contributed by atoms with Crippen LogP contribution in [0, 0.1) is 27.7 Å². The summed E-state index contributed by atoms with van der Waals surface area (Å²) in [6, 6.07) is 23.4. The summed E-state index contributed by atoms with van der Waals surface area (Å²) in [5.74, 6) is 1.13. The quantitative estimate of drug-likeness (QED) is 0.172. The van der Waals surface area contributed by atoms with Crippen molar-refractivity contribution in [2.24, 2.45) is 0 Å². The van der Waals surface area contributed by atoms with Gasteiger partial charge in [-0.3, -0.25) is 0 Å². The first-order valence-corrected chi connectivity index (χ1v) is 14.1. The van der Waals surface area contributed by atoms with E-state index in [4.69, 9.17) is 0 Å². The highest BCUT2D eigenvalue weighted by molar-refractivity contribution is 5.52. The second-order valence-electron chi connectivity index (χ2n) is 11.6. The molecule has 0 unspecified atom stereocenters. The van der Waals surface area contributed by atoms with Gasteiger partial charge >= 0.3 is 0 Å². The number of rotatable bonds is 9. The summed E-state index contributed by atoms with van der Waals surface area (Å²) in [5, 5.41) is 41.1. The zero-order valence-electron chi connectivity index (χ0n) is 24.5. The topological polar surface area (TPSA) is 80.9 Å². The van der Waals surface area contributed by atoms with Gasteiger partial charge in [-0.05, 0) is 116 Å². The number of hydrogen-bond acceptors (Lipinski definition) is 4. The van der Waals surface area contributed by atoms with E-state index in [1.807, 2.05) is 52.0 Å². The molecule has 0 aliphatic heterocycles. The van der Waals surface area contributed by atoms with Gasteiger partial charge in [-0.2, -0.15) is 0 Å². The van der Waals surface area contributed by atoms with Gasteiger partial charge in [0.05, 0.1) is 0 Å². The van der Waals surface area contributed by atoms with Crippen molar-refractivity contribution in [3.05, 3.63) is 117 Å². The third-order valence-corrected chi connectivity index (χ3v) is 8.98. The Balaban J connectivity index is 1.79. The summed E-state index contributed by atoms with van der Waals surface area (Å²) in [6.07, 6.45) is 3.46. The minimum Gasteiger partial charge on any atom is -0.508 e. The molecule has 0 radical (unpaired) electrons. The Hall–Kier alpha value is -3.92. The lowest BCUT2D eigenvalue weighted by atomic mass is 9.66. The molecule has 0 aliphatic rings. The van der Waals surface area contributed by atoms with Crippen molar-refractivity contribution in [2.45, 2.75) is 78.1 Å². The smallest absolute Gasteiger partial charge is 0.121 e. The minimum absolute atomic E-state index is 0.239. The van der Waals surface area contributed by atoms with Crippen molar-refractivity contribution in [2.75, 3.05) is 0 Å². The van der Waals surface area contributed by atoms with Crippen molar-refractivity contribution in [1.82, 2.24) is 0 Å². The third kappa shape index (κ3) is 5.40. The highest BCUT2D eigenvalue weighted by atomic mass is 16.3. The fourth-order valence-electron chi connectivity index (χ4n) is 6.35. The minimum atomic E-state index is -0.365. The van der Waals surface area contributed by atoms with E-state index in [-0.39, 0.29) is 22.3 Å². The number of aryl methyl sites for hydroxylation is 4. The Morgan fingerprint density at radius 3 is 1.20 bits per heavy atom. The molecule has 0 bridgehead atoms. The zero-order valence-corrected chi connectivity index (χ0v) is 24.5. The first-order valence-electron chi connectivity index (χ1n) is 14.1. The fraction of sp³-hybridized carbons (Fsp3) is 0.333. The lowest BCUT2D eigenvalue weighted by Crippen LogP contribution is -2.29. The summed E-state index contributed by atoms with van der Waals surface area (Å²) >= 11 is 0. The summed E-state index contributed by atoms with van der Waals surface area (Å²) < 4.78 is 0. The van der Waals surface area contributed by atoms with Crippen LogP contribution in [0.15, 0.2) is 72.8 Å². The van der Waals surface area contributed by atoms with Gasteiger partial charge in [0, 0.05) is 10.8 Å². The number of benzene rings is 4. The summed E-state index contributed by atoms with van der Waals surface area (Å²) in [4.78, 5) is 0. The molecule has 0 aliphatic carbocycles. The standard InChI is InChI=1S/C36H42O4/c1-7-36(27-9-13-31(37)14-10-27,28-11-15-32(38)16-12-28)18-8-17-35(6,29-19-23(2)33(39)24(3)20-29)30-21-25(4)34(40)26(5)22-30/h9-16,19-22,37-40H,7-8,17-18H2,1-6H3. The highest BCUT2D eigenvalue weighted by Gasteiger charge is 2.35. The van der Waals surface area contributed by atoms with Crippen LogP contribution < -0.4 is 0 Å². The molecule has 0 spiro atoms. The first-order chi connectivity index (χ1) is 18.9. The molecule has 0 amide bonds. The third-order valence-electron chi connectivity index (χ3n) is 8.98. The number of hydrogen-bond donors (Lipinski definition) is 4. The number of phenols is 4. The van der Waals surface area contributed by atoms with E-state index >= 15 is 0 Å². The van der Waals surface area contributed by atoms with Crippen molar-refractivity contribution in [3.63, 3.8) is 0 Å². The van der Waals surface area contributed by atoms with Crippen LogP contribution in [-0.2, 0) is 10.8 Å². The molecule has 4 aromatic rings.